The average molecular weight is 382 g/mol. The SMILES string of the molecule is O=S(=O)(Nc1ccc(Cl)cn1)c1ccc(Br)cc1Cl. The Morgan fingerprint density at radius 3 is 2.47 bits per heavy atom. The van der Waals surface area contributed by atoms with Crippen LogP contribution >= 0.6 is 39.1 Å². The molecule has 2 aromatic rings. The Balaban J connectivity index is 2.35. The third kappa shape index (κ3) is 3.60. The fourth-order valence-corrected chi connectivity index (χ4v) is 3.48. The van der Waals surface area contributed by atoms with Crippen molar-refractivity contribution in [1.29, 1.82) is 0 Å². The van der Waals surface area contributed by atoms with E-state index >= 15 is 0 Å². The highest BCUT2D eigenvalue weighted by atomic mass is 79.9. The normalized spacial score (nSPS) is 11.3. The first kappa shape index (κ1) is 14.6. The third-order valence-corrected chi connectivity index (χ3v) is 4.70. The second kappa shape index (κ2) is 5.66. The van der Waals surface area contributed by atoms with Gasteiger partial charge in [0, 0.05) is 10.7 Å². The molecule has 0 bridgehead atoms. The van der Waals surface area contributed by atoms with Gasteiger partial charge in [0.25, 0.3) is 10.0 Å². The van der Waals surface area contributed by atoms with E-state index in [1.54, 1.807) is 6.07 Å². The van der Waals surface area contributed by atoms with Crippen molar-refractivity contribution in [3.8, 4) is 0 Å². The van der Waals surface area contributed by atoms with Crippen molar-refractivity contribution in [3.63, 3.8) is 0 Å². The molecule has 1 N–H and O–H groups in total. The van der Waals surface area contributed by atoms with Crippen molar-refractivity contribution >= 4 is 55.0 Å². The number of benzene rings is 1. The summed E-state index contributed by atoms with van der Waals surface area (Å²) in [5.74, 6) is 0.170. The smallest absolute Gasteiger partial charge is 0.263 e. The van der Waals surface area contributed by atoms with Gasteiger partial charge in [-0.25, -0.2) is 13.4 Å². The maximum absolute atomic E-state index is 12.1. The Hall–Kier alpha value is -0.820. The highest BCUT2D eigenvalue weighted by molar-refractivity contribution is 9.10. The van der Waals surface area contributed by atoms with E-state index in [1.807, 2.05) is 0 Å². The molecule has 0 saturated heterocycles. The van der Waals surface area contributed by atoms with Crippen LogP contribution in [0.5, 0.6) is 0 Å². The Morgan fingerprint density at radius 2 is 1.89 bits per heavy atom. The van der Waals surface area contributed by atoms with Crippen LogP contribution in [0, 0.1) is 0 Å². The molecule has 1 aromatic carbocycles. The molecule has 0 aliphatic rings. The number of nitrogens with one attached hydrogen (secondary N) is 1. The summed E-state index contributed by atoms with van der Waals surface area (Å²) < 4.78 is 27.3. The first-order valence-electron chi connectivity index (χ1n) is 4.98. The summed E-state index contributed by atoms with van der Waals surface area (Å²) >= 11 is 14.8. The van der Waals surface area contributed by atoms with Gasteiger partial charge in [-0.15, -0.1) is 0 Å². The molecule has 1 heterocycles. The zero-order valence-corrected chi connectivity index (χ0v) is 13.2. The van der Waals surface area contributed by atoms with Crippen LogP contribution in [0.4, 0.5) is 5.82 Å². The summed E-state index contributed by atoms with van der Waals surface area (Å²) in [5, 5.41) is 0.542. The highest BCUT2D eigenvalue weighted by Gasteiger charge is 2.18. The summed E-state index contributed by atoms with van der Waals surface area (Å²) in [6.07, 6.45) is 1.35. The van der Waals surface area contributed by atoms with Crippen LogP contribution in [0.2, 0.25) is 10.0 Å². The van der Waals surface area contributed by atoms with Gasteiger partial charge in [-0.05, 0) is 30.3 Å². The molecule has 0 unspecified atom stereocenters. The van der Waals surface area contributed by atoms with Gasteiger partial charge < -0.3 is 0 Å². The van der Waals surface area contributed by atoms with E-state index in [0.717, 1.165) is 0 Å². The Labute approximate surface area is 128 Å². The lowest BCUT2D eigenvalue weighted by atomic mass is 10.4. The molecule has 0 atom stereocenters. The number of anilines is 1. The maximum atomic E-state index is 12.1. The molecule has 0 saturated carbocycles. The number of halogens is 3. The van der Waals surface area contributed by atoms with Crippen molar-refractivity contribution < 1.29 is 8.42 Å². The molecule has 0 radical (unpaired) electrons. The summed E-state index contributed by atoms with van der Waals surface area (Å²) in [7, 11) is -3.78. The molecule has 1 aromatic heterocycles. The Kier molecular flexibility index (Phi) is 4.35. The van der Waals surface area contributed by atoms with E-state index in [2.05, 4.69) is 25.6 Å². The van der Waals surface area contributed by atoms with E-state index in [-0.39, 0.29) is 15.7 Å². The van der Waals surface area contributed by atoms with Crippen LogP contribution in [0.1, 0.15) is 0 Å². The van der Waals surface area contributed by atoms with E-state index in [9.17, 15) is 8.42 Å². The van der Waals surface area contributed by atoms with Gasteiger partial charge >= 0.3 is 0 Å². The molecule has 19 heavy (non-hydrogen) atoms. The van der Waals surface area contributed by atoms with E-state index in [1.165, 1.54) is 30.5 Å². The van der Waals surface area contributed by atoms with Crippen LogP contribution in [0.3, 0.4) is 0 Å². The lowest BCUT2D eigenvalue weighted by Gasteiger charge is -2.09. The molecule has 4 nitrogen and oxygen atoms in total. The van der Waals surface area contributed by atoms with Crippen molar-refractivity contribution in [2.24, 2.45) is 0 Å². The second-order valence-electron chi connectivity index (χ2n) is 3.54. The minimum atomic E-state index is -3.78. The van der Waals surface area contributed by atoms with Crippen molar-refractivity contribution in [1.82, 2.24) is 4.98 Å². The van der Waals surface area contributed by atoms with Crippen molar-refractivity contribution in [2.75, 3.05) is 4.72 Å². The Bertz CT molecular complexity index is 705. The van der Waals surface area contributed by atoms with Crippen LogP contribution in [-0.4, -0.2) is 13.4 Å². The van der Waals surface area contributed by atoms with Gasteiger partial charge in [-0.2, -0.15) is 0 Å². The van der Waals surface area contributed by atoms with Gasteiger partial charge in [0.05, 0.1) is 10.0 Å². The lowest BCUT2D eigenvalue weighted by molar-refractivity contribution is 0.601. The number of nitrogens with zero attached hydrogens (tertiary/aromatic N) is 1. The number of rotatable bonds is 3. The molecule has 0 aliphatic carbocycles. The number of pyridine rings is 1. The van der Waals surface area contributed by atoms with Gasteiger partial charge in [-0.3, -0.25) is 4.72 Å². The molecule has 0 fully saturated rings. The monoisotopic (exact) mass is 380 g/mol. The summed E-state index contributed by atoms with van der Waals surface area (Å²) in [6, 6.07) is 7.51. The molecular formula is C11H7BrCl2N2O2S. The lowest BCUT2D eigenvalue weighted by Crippen LogP contribution is -2.14. The molecule has 8 heteroatoms. The molecule has 2 rings (SSSR count). The number of aromatic nitrogens is 1. The maximum Gasteiger partial charge on any atom is 0.264 e. The van der Waals surface area contributed by atoms with Crippen molar-refractivity contribution in [3.05, 3.63) is 51.0 Å². The summed E-state index contributed by atoms with van der Waals surface area (Å²) in [6.45, 7) is 0. The zero-order chi connectivity index (χ0) is 14.0. The molecule has 100 valence electrons. The van der Waals surface area contributed by atoms with Crippen LogP contribution in [0.15, 0.2) is 45.9 Å². The minimum absolute atomic E-state index is 0.0193. The summed E-state index contributed by atoms with van der Waals surface area (Å²) in [5.41, 5.74) is 0. The predicted octanol–water partition coefficient (Wildman–Crippen LogP) is 3.95. The fourth-order valence-electron chi connectivity index (χ4n) is 1.32. The molecule has 0 spiro atoms. The van der Waals surface area contributed by atoms with Gasteiger partial charge in [-0.1, -0.05) is 39.1 Å². The first-order chi connectivity index (χ1) is 8.88. The molecular weight excluding hydrogens is 375 g/mol. The van der Waals surface area contributed by atoms with Gasteiger partial charge in [0.15, 0.2) is 0 Å². The highest BCUT2D eigenvalue weighted by Crippen LogP contribution is 2.26. The van der Waals surface area contributed by atoms with Crippen LogP contribution < -0.4 is 4.72 Å². The van der Waals surface area contributed by atoms with Gasteiger partial charge in [0.2, 0.25) is 0 Å². The van der Waals surface area contributed by atoms with Crippen LogP contribution in [0.25, 0.3) is 0 Å². The number of sulfonamides is 1. The largest absolute Gasteiger partial charge is 0.264 e. The number of hydrogen-bond acceptors (Lipinski definition) is 3. The third-order valence-electron chi connectivity index (χ3n) is 2.15. The van der Waals surface area contributed by atoms with Gasteiger partial charge in [0.1, 0.15) is 10.7 Å². The summed E-state index contributed by atoms with van der Waals surface area (Å²) in [4.78, 5) is 3.84. The van der Waals surface area contributed by atoms with Crippen molar-refractivity contribution in [2.45, 2.75) is 4.90 Å². The standard InChI is InChI=1S/C11H7BrCl2N2O2S/c12-7-1-3-10(9(14)5-7)19(17,18)16-11-4-2-8(13)6-15-11/h1-6H,(H,15,16). The molecule has 0 aliphatic heterocycles. The Morgan fingerprint density at radius 1 is 1.16 bits per heavy atom. The van der Waals surface area contributed by atoms with E-state index in [0.29, 0.717) is 9.50 Å². The van der Waals surface area contributed by atoms with Crippen LogP contribution in [-0.2, 0) is 10.0 Å². The van der Waals surface area contributed by atoms with E-state index in [4.69, 9.17) is 23.2 Å². The zero-order valence-electron chi connectivity index (χ0n) is 9.27. The average Bonchev–Trinajstić information content (AvgIpc) is 2.31. The quantitative estimate of drug-likeness (QED) is 0.875. The first-order valence-corrected chi connectivity index (χ1v) is 8.01. The van der Waals surface area contributed by atoms with E-state index < -0.39 is 10.0 Å². The predicted molar refractivity (Wildman–Crippen MR) is 79.2 cm³/mol. The topological polar surface area (TPSA) is 59.1 Å². The number of hydrogen-bond donors (Lipinski definition) is 1. The minimum Gasteiger partial charge on any atom is -0.263 e. The fraction of sp³-hybridized carbons (Fsp3) is 0. The second-order valence-corrected chi connectivity index (χ2v) is 6.95. The molecule has 0 amide bonds.